The second kappa shape index (κ2) is 4.81. The highest BCUT2D eigenvalue weighted by Crippen LogP contribution is 2.24. The van der Waals surface area contributed by atoms with Gasteiger partial charge in [-0.25, -0.2) is 8.78 Å². The molecule has 0 amide bonds. The first kappa shape index (κ1) is 12.6. The quantitative estimate of drug-likeness (QED) is 0.910. The molecule has 0 bridgehead atoms. The highest BCUT2D eigenvalue weighted by atomic mass is 19.1. The van der Waals surface area contributed by atoms with Crippen LogP contribution in [0.2, 0.25) is 0 Å². The van der Waals surface area contributed by atoms with E-state index in [2.05, 4.69) is 10.2 Å². The smallest absolute Gasteiger partial charge is 0.166 e. The van der Waals surface area contributed by atoms with Crippen molar-refractivity contribution in [1.29, 1.82) is 0 Å². The molecule has 1 N–H and O–H groups in total. The van der Waals surface area contributed by atoms with Crippen molar-refractivity contribution >= 4 is 0 Å². The fraction of sp³-hybridized carbons (Fsp3) is 0.333. The number of rotatable bonds is 3. The number of aliphatic hydroxyl groups is 1. The molecule has 0 fully saturated rings. The minimum Gasteiger partial charge on any atom is -0.388 e. The zero-order chi connectivity index (χ0) is 13.3. The van der Waals surface area contributed by atoms with Crippen LogP contribution in [0.15, 0.2) is 12.1 Å². The van der Waals surface area contributed by atoms with Gasteiger partial charge in [0.1, 0.15) is 18.2 Å². The van der Waals surface area contributed by atoms with Crippen LogP contribution in [0.1, 0.15) is 18.3 Å². The molecule has 0 unspecified atom stereocenters. The van der Waals surface area contributed by atoms with Gasteiger partial charge in [0.15, 0.2) is 11.6 Å². The zero-order valence-electron chi connectivity index (χ0n) is 10.1. The van der Waals surface area contributed by atoms with Gasteiger partial charge in [-0.05, 0) is 25.5 Å². The first-order valence-corrected chi connectivity index (χ1v) is 5.57. The van der Waals surface area contributed by atoms with Crippen molar-refractivity contribution < 1.29 is 13.9 Å². The standard InChI is InChI=1S/C12H13F2N3O/c1-3-17-11(6-18)15-16-12(17)8-4-7(2)9(13)5-10(8)14/h4-5,18H,3,6H2,1-2H3. The SMILES string of the molecule is CCn1c(CO)nnc1-c1cc(C)c(F)cc1F. The van der Waals surface area contributed by atoms with Crippen molar-refractivity contribution in [3.05, 3.63) is 35.2 Å². The number of hydrogen-bond donors (Lipinski definition) is 1. The maximum absolute atomic E-state index is 13.8. The molecular formula is C12H13F2N3O. The van der Waals surface area contributed by atoms with E-state index in [-0.39, 0.29) is 12.2 Å². The Bertz CT molecular complexity index is 581. The molecular weight excluding hydrogens is 240 g/mol. The lowest BCUT2D eigenvalue weighted by Crippen LogP contribution is -2.04. The number of hydrogen-bond acceptors (Lipinski definition) is 3. The van der Waals surface area contributed by atoms with Gasteiger partial charge in [-0.15, -0.1) is 10.2 Å². The molecule has 1 aromatic heterocycles. The summed E-state index contributed by atoms with van der Waals surface area (Å²) < 4.78 is 28.6. The molecule has 4 nitrogen and oxygen atoms in total. The third-order valence-electron chi connectivity index (χ3n) is 2.77. The number of aliphatic hydroxyl groups excluding tert-OH is 1. The third-order valence-corrected chi connectivity index (χ3v) is 2.77. The Morgan fingerprint density at radius 1 is 1.22 bits per heavy atom. The molecule has 18 heavy (non-hydrogen) atoms. The van der Waals surface area contributed by atoms with Gasteiger partial charge >= 0.3 is 0 Å². The highest BCUT2D eigenvalue weighted by Gasteiger charge is 2.17. The van der Waals surface area contributed by atoms with Crippen molar-refractivity contribution in [2.75, 3.05) is 0 Å². The minimum atomic E-state index is -0.690. The van der Waals surface area contributed by atoms with Gasteiger partial charge in [-0.3, -0.25) is 0 Å². The predicted molar refractivity (Wildman–Crippen MR) is 61.7 cm³/mol. The van der Waals surface area contributed by atoms with Crippen LogP contribution in [0.5, 0.6) is 0 Å². The Hall–Kier alpha value is -1.82. The van der Waals surface area contributed by atoms with E-state index in [1.54, 1.807) is 11.5 Å². The van der Waals surface area contributed by atoms with Crippen molar-refractivity contribution in [2.45, 2.75) is 27.0 Å². The Labute approximate surface area is 103 Å². The Morgan fingerprint density at radius 3 is 2.56 bits per heavy atom. The molecule has 2 aromatic rings. The molecule has 0 atom stereocenters. The number of halogens is 2. The fourth-order valence-electron chi connectivity index (χ4n) is 1.81. The topological polar surface area (TPSA) is 50.9 Å². The van der Waals surface area contributed by atoms with E-state index >= 15 is 0 Å². The maximum Gasteiger partial charge on any atom is 0.166 e. The monoisotopic (exact) mass is 253 g/mol. The number of aryl methyl sites for hydroxylation is 1. The first-order valence-electron chi connectivity index (χ1n) is 5.57. The molecule has 0 spiro atoms. The number of benzene rings is 1. The van der Waals surface area contributed by atoms with Gasteiger partial charge < -0.3 is 9.67 Å². The van der Waals surface area contributed by atoms with E-state index in [4.69, 9.17) is 5.11 Å². The van der Waals surface area contributed by atoms with Crippen LogP contribution in [0.4, 0.5) is 8.78 Å². The summed E-state index contributed by atoms with van der Waals surface area (Å²) in [4.78, 5) is 0. The van der Waals surface area contributed by atoms with Gasteiger partial charge in [-0.2, -0.15) is 0 Å². The van der Waals surface area contributed by atoms with E-state index in [0.717, 1.165) is 6.07 Å². The molecule has 96 valence electrons. The summed E-state index contributed by atoms with van der Waals surface area (Å²) in [5.74, 6) is -0.637. The lowest BCUT2D eigenvalue weighted by molar-refractivity contribution is 0.265. The molecule has 0 radical (unpaired) electrons. The Morgan fingerprint density at radius 2 is 1.94 bits per heavy atom. The van der Waals surface area contributed by atoms with Crippen LogP contribution < -0.4 is 0 Å². The van der Waals surface area contributed by atoms with Gasteiger partial charge in [0.25, 0.3) is 0 Å². The van der Waals surface area contributed by atoms with Crippen LogP contribution in [0.3, 0.4) is 0 Å². The first-order chi connectivity index (χ1) is 8.58. The second-order valence-electron chi connectivity index (χ2n) is 3.92. The molecule has 6 heteroatoms. The molecule has 0 aliphatic carbocycles. The van der Waals surface area contributed by atoms with Gasteiger partial charge in [-0.1, -0.05) is 0 Å². The van der Waals surface area contributed by atoms with Crippen molar-refractivity contribution in [3.8, 4) is 11.4 Å². The van der Waals surface area contributed by atoms with Crippen LogP contribution in [-0.2, 0) is 13.2 Å². The number of nitrogens with zero attached hydrogens (tertiary/aromatic N) is 3. The van der Waals surface area contributed by atoms with E-state index < -0.39 is 11.6 Å². The average Bonchev–Trinajstić information content (AvgIpc) is 2.76. The van der Waals surface area contributed by atoms with Crippen molar-refractivity contribution in [2.24, 2.45) is 0 Å². The largest absolute Gasteiger partial charge is 0.388 e. The average molecular weight is 253 g/mol. The summed E-state index contributed by atoms with van der Waals surface area (Å²) in [7, 11) is 0. The maximum atomic E-state index is 13.8. The van der Waals surface area contributed by atoms with E-state index in [1.807, 2.05) is 6.92 Å². The second-order valence-corrected chi connectivity index (χ2v) is 3.92. The molecule has 0 aliphatic heterocycles. The fourth-order valence-corrected chi connectivity index (χ4v) is 1.81. The minimum absolute atomic E-state index is 0.183. The molecule has 0 saturated heterocycles. The summed E-state index contributed by atoms with van der Waals surface area (Å²) in [5, 5.41) is 16.7. The summed E-state index contributed by atoms with van der Waals surface area (Å²) in [6, 6.07) is 2.22. The third kappa shape index (κ3) is 1.99. The Balaban J connectivity index is 2.62. The molecule has 1 heterocycles. The summed E-state index contributed by atoms with van der Waals surface area (Å²) in [5.41, 5.74) is 0.519. The lowest BCUT2D eigenvalue weighted by atomic mass is 10.1. The summed E-state index contributed by atoms with van der Waals surface area (Å²) >= 11 is 0. The summed E-state index contributed by atoms with van der Waals surface area (Å²) in [6.07, 6.45) is 0. The predicted octanol–water partition coefficient (Wildman–Crippen LogP) is 2.04. The zero-order valence-corrected chi connectivity index (χ0v) is 10.1. The highest BCUT2D eigenvalue weighted by molar-refractivity contribution is 5.57. The van der Waals surface area contributed by atoms with Crippen molar-refractivity contribution in [1.82, 2.24) is 14.8 Å². The van der Waals surface area contributed by atoms with E-state index in [1.165, 1.54) is 6.07 Å². The molecule has 2 rings (SSSR count). The molecule has 1 aromatic carbocycles. The summed E-state index contributed by atoms with van der Waals surface area (Å²) in [6.45, 7) is 3.61. The normalized spacial score (nSPS) is 10.9. The van der Waals surface area contributed by atoms with Crippen LogP contribution >= 0.6 is 0 Å². The van der Waals surface area contributed by atoms with Crippen LogP contribution in [0.25, 0.3) is 11.4 Å². The molecule has 0 saturated carbocycles. The van der Waals surface area contributed by atoms with Crippen LogP contribution in [-0.4, -0.2) is 19.9 Å². The van der Waals surface area contributed by atoms with Crippen LogP contribution in [0, 0.1) is 18.6 Å². The van der Waals surface area contributed by atoms with E-state index in [0.29, 0.717) is 23.8 Å². The van der Waals surface area contributed by atoms with E-state index in [9.17, 15) is 8.78 Å². The Kier molecular flexibility index (Phi) is 3.38. The number of aromatic nitrogens is 3. The molecule has 0 aliphatic rings. The van der Waals surface area contributed by atoms with Crippen molar-refractivity contribution in [3.63, 3.8) is 0 Å². The van der Waals surface area contributed by atoms with Gasteiger partial charge in [0.2, 0.25) is 0 Å². The van der Waals surface area contributed by atoms with Gasteiger partial charge in [0.05, 0.1) is 5.56 Å². The van der Waals surface area contributed by atoms with Gasteiger partial charge in [0, 0.05) is 12.6 Å². The lowest BCUT2D eigenvalue weighted by Gasteiger charge is -2.08.